The van der Waals surface area contributed by atoms with Crippen molar-refractivity contribution in [1.82, 2.24) is 0 Å². The summed E-state index contributed by atoms with van der Waals surface area (Å²) in [5.41, 5.74) is 6.01. The van der Waals surface area contributed by atoms with Gasteiger partial charge in [-0.05, 0) is 26.0 Å². The third-order valence-electron chi connectivity index (χ3n) is 2.32. The highest BCUT2D eigenvalue weighted by molar-refractivity contribution is 6.03. The summed E-state index contributed by atoms with van der Waals surface area (Å²) in [4.78, 5) is 22.5. The van der Waals surface area contributed by atoms with Gasteiger partial charge in [-0.1, -0.05) is 6.07 Å². The van der Waals surface area contributed by atoms with Gasteiger partial charge in [-0.25, -0.2) is 9.59 Å². The fourth-order valence-electron chi connectivity index (χ4n) is 1.35. The lowest BCUT2D eigenvalue weighted by Crippen LogP contribution is -2.11. The van der Waals surface area contributed by atoms with E-state index in [1.54, 1.807) is 0 Å². The Kier molecular flexibility index (Phi) is 8.78. The molecule has 0 saturated heterocycles. The van der Waals surface area contributed by atoms with Gasteiger partial charge in [0.25, 0.3) is 0 Å². The van der Waals surface area contributed by atoms with Gasteiger partial charge in [0, 0.05) is 13.2 Å². The van der Waals surface area contributed by atoms with E-state index < -0.39 is 11.9 Å². The number of hydrogen-bond acceptors (Lipinski definition) is 6. The molecule has 20 heavy (non-hydrogen) atoms. The summed E-state index contributed by atoms with van der Waals surface area (Å²) in [6.45, 7) is 5.67. The first-order chi connectivity index (χ1) is 9.53. The molecule has 2 N–H and O–H groups in total. The number of esters is 2. The van der Waals surface area contributed by atoms with E-state index in [2.05, 4.69) is 9.47 Å². The fourth-order valence-corrected chi connectivity index (χ4v) is 1.35. The van der Waals surface area contributed by atoms with Crippen LogP contribution in [0.2, 0.25) is 0 Å². The van der Waals surface area contributed by atoms with Crippen LogP contribution in [0.5, 0.6) is 0 Å². The van der Waals surface area contributed by atoms with Crippen LogP contribution in [0.4, 0.5) is 5.69 Å². The molecular formula is C14H21NO5. The van der Waals surface area contributed by atoms with E-state index in [0.29, 0.717) is 0 Å². The van der Waals surface area contributed by atoms with Crippen molar-refractivity contribution in [2.75, 3.05) is 33.2 Å². The van der Waals surface area contributed by atoms with Gasteiger partial charge in [0.15, 0.2) is 0 Å². The highest BCUT2D eigenvalue weighted by Gasteiger charge is 2.17. The number of ether oxygens (including phenoxy) is 3. The second-order valence-electron chi connectivity index (χ2n) is 3.53. The lowest BCUT2D eigenvalue weighted by atomic mass is 10.1. The van der Waals surface area contributed by atoms with Gasteiger partial charge in [-0.15, -0.1) is 0 Å². The molecule has 112 valence electrons. The molecule has 1 aromatic carbocycles. The van der Waals surface area contributed by atoms with Gasteiger partial charge in [0.05, 0.1) is 31.0 Å². The van der Waals surface area contributed by atoms with Gasteiger partial charge in [-0.2, -0.15) is 0 Å². The van der Waals surface area contributed by atoms with Crippen molar-refractivity contribution in [3.63, 3.8) is 0 Å². The molecule has 0 bridgehead atoms. The van der Waals surface area contributed by atoms with E-state index in [1.165, 1.54) is 32.4 Å². The molecule has 6 heteroatoms. The molecule has 0 aliphatic rings. The molecule has 0 unspecified atom stereocenters. The molecule has 0 aliphatic carbocycles. The number of carbonyl (C=O) groups is 2. The molecule has 0 fully saturated rings. The first-order valence-electron chi connectivity index (χ1n) is 6.16. The standard InChI is InChI=1S/C10H11NO4.C4H10O/c1-14-9(12)6-4-3-5-7(8(6)11)10(13)15-2;1-3-5-4-2/h3-5H,11H2,1-2H3;3-4H2,1-2H3. The zero-order valence-electron chi connectivity index (χ0n) is 12.3. The lowest BCUT2D eigenvalue weighted by molar-refractivity contribution is 0.0601. The van der Waals surface area contributed by atoms with Gasteiger partial charge in [-0.3, -0.25) is 0 Å². The second kappa shape index (κ2) is 9.80. The number of carbonyl (C=O) groups excluding carboxylic acids is 2. The van der Waals surface area contributed by atoms with Crippen LogP contribution in [-0.2, 0) is 14.2 Å². The van der Waals surface area contributed by atoms with Crippen LogP contribution in [-0.4, -0.2) is 39.4 Å². The maximum absolute atomic E-state index is 11.2. The average molecular weight is 283 g/mol. The molecule has 0 aliphatic heterocycles. The molecule has 0 saturated carbocycles. The van der Waals surface area contributed by atoms with Crippen molar-refractivity contribution in [2.45, 2.75) is 13.8 Å². The SMILES string of the molecule is CCOCC.COC(=O)c1cccc(C(=O)OC)c1N. The summed E-state index contributed by atoms with van der Waals surface area (Å²) in [7, 11) is 2.49. The van der Waals surface area contributed by atoms with Crippen LogP contribution in [0.25, 0.3) is 0 Å². The minimum atomic E-state index is -0.585. The summed E-state index contributed by atoms with van der Waals surface area (Å²) in [5, 5.41) is 0. The molecule has 1 aromatic rings. The van der Waals surface area contributed by atoms with Crippen LogP contribution >= 0.6 is 0 Å². The Morgan fingerprint density at radius 1 is 1.00 bits per heavy atom. The van der Waals surface area contributed by atoms with E-state index >= 15 is 0 Å². The molecule has 0 heterocycles. The molecule has 1 rings (SSSR count). The van der Waals surface area contributed by atoms with Crippen molar-refractivity contribution in [1.29, 1.82) is 0 Å². The molecule has 0 atom stereocenters. The predicted octanol–water partition coefficient (Wildman–Crippen LogP) is 1.88. The van der Waals surface area contributed by atoms with Crippen molar-refractivity contribution in [2.24, 2.45) is 0 Å². The maximum atomic E-state index is 11.2. The number of rotatable bonds is 4. The lowest BCUT2D eigenvalue weighted by Gasteiger charge is -2.07. The number of benzene rings is 1. The number of hydrogen-bond donors (Lipinski definition) is 1. The smallest absolute Gasteiger partial charge is 0.339 e. The Labute approximate surface area is 118 Å². The predicted molar refractivity (Wildman–Crippen MR) is 75.7 cm³/mol. The molecule has 6 nitrogen and oxygen atoms in total. The minimum Gasteiger partial charge on any atom is -0.465 e. The Morgan fingerprint density at radius 2 is 1.40 bits per heavy atom. The maximum Gasteiger partial charge on any atom is 0.339 e. The quantitative estimate of drug-likeness (QED) is 0.670. The first-order valence-corrected chi connectivity index (χ1v) is 6.16. The number of methoxy groups -OCH3 is 2. The minimum absolute atomic E-state index is 0.0659. The molecule has 0 aromatic heterocycles. The van der Waals surface area contributed by atoms with Gasteiger partial charge in [0.1, 0.15) is 0 Å². The molecule has 0 spiro atoms. The van der Waals surface area contributed by atoms with Crippen molar-refractivity contribution in [3.8, 4) is 0 Å². The molecule has 0 amide bonds. The number of nitrogen functional groups attached to an aromatic ring is 1. The normalized spacial score (nSPS) is 9.20. The van der Waals surface area contributed by atoms with Crippen LogP contribution < -0.4 is 5.73 Å². The zero-order valence-corrected chi connectivity index (χ0v) is 12.3. The van der Waals surface area contributed by atoms with Gasteiger partial charge in [0.2, 0.25) is 0 Å². The Balaban J connectivity index is 0.000000621. The summed E-state index contributed by atoms with van der Waals surface area (Å²) < 4.78 is 13.9. The second-order valence-corrected chi connectivity index (χ2v) is 3.53. The Morgan fingerprint density at radius 3 is 1.65 bits per heavy atom. The number of para-hydroxylation sites is 1. The number of anilines is 1. The largest absolute Gasteiger partial charge is 0.465 e. The van der Waals surface area contributed by atoms with Gasteiger partial charge < -0.3 is 19.9 Å². The summed E-state index contributed by atoms with van der Waals surface area (Å²) in [6, 6.07) is 4.50. The topological polar surface area (TPSA) is 87.8 Å². The third kappa shape index (κ3) is 5.27. The third-order valence-corrected chi connectivity index (χ3v) is 2.32. The van der Waals surface area contributed by atoms with Crippen LogP contribution in [0.3, 0.4) is 0 Å². The van der Waals surface area contributed by atoms with Crippen LogP contribution in [0.15, 0.2) is 18.2 Å². The fraction of sp³-hybridized carbons (Fsp3) is 0.429. The van der Waals surface area contributed by atoms with E-state index in [9.17, 15) is 9.59 Å². The first kappa shape index (κ1) is 17.9. The van der Waals surface area contributed by atoms with Gasteiger partial charge >= 0.3 is 11.9 Å². The van der Waals surface area contributed by atoms with E-state index in [4.69, 9.17) is 10.5 Å². The van der Waals surface area contributed by atoms with E-state index in [0.717, 1.165) is 13.2 Å². The number of nitrogens with two attached hydrogens (primary N) is 1. The van der Waals surface area contributed by atoms with Crippen molar-refractivity contribution >= 4 is 17.6 Å². The highest BCUT2D eigenvalue weighted by Crippen LogP contribution is 2.18. The Bertz CT molecular complexity index is 409. The molecule has 0 radical (unpaired) electrons. The summed E-state index contributed by atoms with van der Waals surface area (Å²) >= 11 is 0. The Hall–Kier alpha value is -2.08. The highest BCUT2D eigenvalue weighted by atomic mass is 16.5. The van der Waals surface area contributed by atoms with E-state index in [1.807, 2.05) is 13.8 Å². The average Bonchev–Trinajstić information content (AvgIpc) is 2.47. The summed E-state index contributed by atoms with van der Waals surface area (Å²) in [5.74, 6) is -1.17. The molecular weight excluding hydrogens is 262 g/mol. The van der Waals surface area contributed by atoms with Crippen LogP contribution in [0.1, 0.15) is 34.6 Å². The monoisotopic (exact) mass is 283 g/mol. The summed E-state index contributed by atoms with van der Waals surface area (Å²) in [6.07, 6.45) is 0. The van der Waals surface area contributed by atoms with E-state index in [-0.39, 0.29) is 16.8 Å². The zero-order chi connectivity index (χ0) is 15.5. The van der Waals surface area contributed by atoms with Crippen molar-refractivity contribution < 1.29 is 23.8 Å². The van der Waals surface area contributed by atoms with Crippen LogP contribution in [0, 0.1) is 0 Å². The van der Waals surface area contributed by atoms with Crippen molar-refractivity contribution in [3.05, 3.63) is 29.3 Å².